The number of aldehydes is 1. The summed E-state index contributed by atoms with van der Waals surface area (Å²) in [5, 5.41) is 4.64. The molecule has 0 aliphatic carbocycles. The number of aromatic nitrogens is 2. The van der Waals surface area contributed by atoms with Crippen LogP contribution >= 0.6 is 23.2 Å². The van der Waals surface area contributed by atoms with Gasteiger partial charge in [-0.1, -0.05) is 23.2 Å². The molecule has 5 nitrogen and oxygen atoms in total. The summed E-state index contributed by atoms with van der Waals surface area (Å²) < 4.78 is 6.13. The van der Waals surface area contributed by atoms with Crippen molar-refractivity contribution < 1.29 is 14.3 Å². The van der Waals surface area contributed by atoms with Crippen molar-refractivity contribution in [1.82, 2.24) is 9.78 Å². The number of ether oxygens (including phenoxy) is 1. The molecule has 104 valence electrons. The predicted octanol–water partition coefficient (Wildman–Crippen LogP) is 3.17. The van der Waals surface area contributed by atoms with Crippen molar-refractivity contribution >= 4 is 35.5 Å². The van der Waals surface area contributed by atoms with E-state index in [9.17, 15) is 9.59 Å². The molecule has 0 N–H and O–H groups in total. The zero-order valence-corrected chi connectivity index (χ0v) is 12.0. The number of hydrogen-bond donors (Lipinski definition) is 0. The monoisotopic (exact) mass is 312 g/mol. The summed E-state index contributed by atoms with van der Waals surface area (Å²) in [4.78, 5) is 22.8. The minimum Gasteiger partial charge on any atom is -0.461 e. The number of esters is 1. The van der Waals surface area contributed by atoms with Gasteiger partial charge in [0.1, 0.15) is 5.15 Å². The lowest BCUT2D eigenvalue weighted by Crippen LogP contribution is -2.08. The SMILES string of the molecule is CCOC(=O)c1nn(-c2ccc(Cl)cc2)c(Cl)c1C=O. The van der Waals surface area contributed by atoms with Crippen molar-refractivity contribution in [2.75, 3.05) is 6.61 Å². The van der Waals surface area contributed by atoms with Crippen LogP contribution in [0.5, 0.6) is 0 Å². The van der Waals surface area contributed by atoms with Gasteiger partial charge in [0.15, 0.2) is 12.0 Å². The van der Waals surface area contributed by atoms with Crippen molar-refractivity contribution in [1.29, 1.82) is 0 Å². The summed E-state index contributed by atoms with van der Waals surface area (Å²) in [6, 6.07) is 6.65. The maximum atomic E-state index is 11.7. The molecule has 0 radical (unpaired) electrons. The molecular formula is C13H10Cl2N2O3. The van der Waals surface area contributed by atoms with Gasteiger partial charge in [0.2, 0.25) is 0 Å². The zero-order chi connectivity index (χ0) is 14.7. The summed E-state index contributed by atoms with van der Waals surface area (Å²) in [7, 11) is 0. The number of benzene rings is 1. The van der Waals surface area contributed by atoms with Crippen LogP contribution < -0.4 is 0 Å². The van der Waals surface area contributed by atoms with Gasteiger partial charge in [-0.2, -0.15) is 5.10 Å². The Hall–Kier alpha value is -1.85. The largest absolute Gasteiger partial charge is 0.461 e. The van der Waals surface area contributed by atoms with Gasteiger partial charge in [-0.15, -0.1) is 0 Å². The molecule has 1 aromatic carbocycles. The van der Waals surface area contributed by atoms with Crippen molar-refractivity contribution in [2.24, 2.45) is 0 Å². The first kappa shape index (κ1) is 14.6. The minimum atomic E-state index is -0.691. The maximum Gasteiger partial charge on any atom is 0.359 e. The fourth-order valence-corrected chi connectivity index (χ4v) is 2.01. The van der Waals surface area contributed by atoms with Gasteiger partial charge < -0.3 is 4.74 Å². The van der Waals surface area contributed by atoms with Crippen LogP contribution in [0.2, 0.25) is 10.2 Å². The van der Waals surface area contributed by atoms with Gasteiger partial charge in [0, 0.05) is 5.02 Å². The molecule has 0 amide bonds. The molecule has 0 saturated heterocycles. The van der Waals surface area contributed by atoms with E-state index in [1.54, 1.807) is 31.2 Å². The second kappa shape index (κ2) is 6.07. The Labute approximate surface area is 125 Å². The van der Waals surface area contributed by atoms with Crippen LogP contribution in [0.3, 0.4) is 0 Å². The molecule has 0 aliphatic rings. The van der Waals surface area contributed by atoms with Crippen LogP contribution in [0.15, 0.2) is 24.3 Å². The molecule has 0 spiro atoms. The summed E-state index contributed by atoms with van der Waals surface area (Å²) in [6.45, 7) is 1.85. The first-order valence-corrected chi connectivity index (χ1v) is 6.50. The average molecular weight is 313 g/mol. The topological polar surface area (TPSA) is 61.2 Å². The number of hydrogen-bond acceptors (Lipinski definition) is 4. The van der Waals surface area contributed by atoms with E-state index in [1.165, 1.54) is 4.68 Å². The molecule has 2 rings (SSSR count). The number of nitrogens with zero attached hydrogens (tertiary/aromatic N) is 2. The number of carbonyl (C=O) groups is 2. The van der Waals surface area contributed by atoms with Gasteiger partial charge in [-0.25, -0.2) is 9.48 Å². The van der Waals surface area contributed by atoms with Crippen molar-refractivity contribution in [3.8, 4) is 5.69 Å². The first-order valence-electron chi connectivity index (χ1n) is 5.75. The van der Waals surface area contributed by atoms with Crippen LogP contribution in [0.1, 0.15) is 27.8 Å². The molecule has 7 heteroatoms. The van der Waals surface area contributed by atoms with Gasteiger partial charge in [0.25, 0.3) is 0 Å². The Morgan fingerprint density at radius 2 is 2.00 bits per heavy atom. The van der Waals surface area contributed by atoms with E-state index in [0.717, 1.165) is 0 Å². The molecule has 0 saturated carbocycles. The Kier molecular flexibility index (Phi) is 4.42. The average Bonchev–Trinajstić information content (AvgIpc) is 2.77. The van der Waals surface area contributed by atoms with Crippen LogP contribution in [0.4, 0.5) is 0 Å². The molecular weight excluding hydrogens is 303 g/mol. The van der Waals surface area contributed by atoms with E-state index in [0.29, 0.717) is 17.0 Å². The predicted molar refractivity (Wildman–Crippen MR) is 74.9 cm³/mol. The Bertz CT molecular complexity index is 650. The van der Waals surface area contributed by atoms with E-state index in [-0.39, 0.29) is 23.0 Å². The highest BCUT2D eigenvalue weighted by Gasteiger charge is 2.23. The van der Waals surface area contributed by atoms with Crippen molar-refractivity contribution in [2.45, 2.75) is 6.92 Å². The highest BCUT2D eigenvalue weighted by atomic mass is 35.5. The first-order chi connectivity index (χ1) is 9.58. The van der Waals surface area contributed by atoms with E-state index >= 15 is 0 Å². The Balaban J connectivity index is 2.52. The number of carbonyl (C=O) groups excluding carboxylic acids is 2. The number of halogens is 2. The van der Waals surface area contributed by atoms with E-state index in [2.05, 4.69) is 5.10 Å². The van der Waals surface area contributed by atoms with E-state index in [4.69, 9.17) is 27.9 Å². The fourth-order valence-electron chi connectivity index (χ4n) is 1.62. The summed E-state index contributed by atoms with van der Waals surface area (Å²) in [5.41, 5.74) is 0.472. The van der Waals surface area contributed by atoms with Gasteiger partial charge in [0.05, 0.1) is 17.9 Å². The molecule has 1 heterocycles. The quantitative estimate of drug-likeness (QED) is 0.642. The lowest BCUT2D eigenvalue weighted by molar-refractivity contribution is 0.0517. The molecule has 20 heavy (non-hydrogen) atoms. The maximum absolute atomic E-state index is 11.7. The molecule has 0 fully saturated rings. The molecule has 0 atom stereocenters. The van der Waals surface area contributed by atoms with E-state index < -0.39 is 5.97 Å². The Morgan fingerprint density at radius 3 is 2.55 bits per heavy atom. The lowest BCUT2D eigenvalue weighted by atomic mass is 10.3. The zero-order valence-electron chi connectivity index (χ0n) is 10.5. The molecule has 0 aliphatic heterocycles. The highest BCUT2D eigenvalue weighted by molar-refractivity contribution is 6.33. The van der Waals surface area contributed by atoms with Gasteiger partial charge >= 0.3 is 5.97 Å². The van der Waals surface area contributed by atoms with Gasteiger partial charge in [-0.3, -0.25) is 4.79 Å². The molecule has 2 aromatic rings. The third-order valence-corrected chi connectivity index (χ3v) is 3.14. The smallest absolute Gasteiger partial charge is 0.359 e. The lowest BCUT2D eigenvalue weighted by Gasteiger charge is -2.02. The van der Waals surface area contributed by atoms with Crippen molar-refractivity contribution in [3.05, 3.63) is 45.7 Å². The van der Waals surface area contributed by atoms with Crippen LogP contribution in [-0.4, -0.2) is 28.6 Å². The van der Waals surface area contributed by atoms with Crippen LogP contribution in [-0.2, 0) is 4.74 Å². The third kappa shape index (κ3) is 2.69. The summed E-state index contributed by atoms with van der Waals surface area (Å²) in [5.74, 6) is -0.691. The Morgan fingerprint density at radius 1 is 1.35 bits per heavy atom. The second-order valence-corrected chi connectivity index (χ2v) is 4.57. The normalized spacial score (nSPS) is 10.3. The molecule has 0 unspecified atom stereocenters. The second-order valence-electron chi connectivity index (χ2n) is 3.78. The standard InChI is InChI=1S/C13H10Cl2N2O3/c1-2-20-13(19)11-10(7-18)12(15)17(16-11)9-5-3-8(14)4-6-9/h3-7H,2H2,1H3. The summed E-state index contributed by atoms with van der Waals surface area (Å²) >= 11 is 11.9. The molecule has 0 bridgehead atoms. The van der Waals surface area contributed by atoms with E-state index in [1.807, 2.05) is 0 Å². The van der Waals surface area contributed by atoms with Gasteiger partial charge in [-0.05, 0) is 31.2 Å². The summed E-state index contributed by atoms with van der Waals surface area (Å²) in [6.07, 6.45) is 0.480. The van der Waals surface area contributed by atoms with Crippen LogP contribution in [0.25, 0.3) is 5.69 Å². The minimum absolute atomic E-state index is 0.0000617. The van der Waals surface area contributed by atoms with Crippen LogP contribution in [0, 0.1) is 0 Å². The molecule has 1 aromatic heterocycles. The fraction of sp³-hybridized carbons (Fsp3) is 0.154. The number of rotatable bonds is 4. The third-order valence-electron chi connectivity index (χ3n) is 2.52. The highest BCUT2D eigenvalue weighted by Crippen LogP contribution is 2.24. The van der Waals surface area contributed by atoms with Crippen molar-refractivity contribution in [3.63, 3.8) is 0 Å².